The van der Waals surface area contributed by atoms with Gasteiger partial charge in [-0.1, -0.05) is 52.9 Å². The second-order valence-corrected chi connectivity index (χ2v) is 3.10. The Kier molecular flexibility index (Phi) is 7.42. The molecule has 0 heterocycles. The molecule has 1 N–H and O–H groups in total. The van der Waals surface area contributed by atoms with Crippen LogP contribution in [0.1, 0.15) is 5.56 Å². The Bertz CT molecular complexity index is 263. The minimum atomic E-state index is -3.12. The monoisotopic (exact) mass is 300 g/mol. The van der Waals surface area contributed by atoms with E-state index >= 15 is 0 Å². The minimum absolute atomic E-state index is 1.11. The minimum Gasteiger partial charge on any atom is -0.288 e. The molecule has 0 atom stereocenters. The van der Waals surface area contributed by atoms with Gasteiger partial charge in [0.15, 0.2) is 0 Å². The second-order valence-electron chi connectivity index (χ2n) is 1.86. The summed E-state index contributed by atoms with van der Waals surface area (Å²) in [5.41, 5.74) is 1.40. The van der Waals surface area contributed by atoms with Crippen LogP contribution >= 0.6 is 22.6 Å². The number of hydrogen-bond acceptors (Lipinski definition) is 2. The molecule has 0 fully saturated rings. The summed E-state index contributed by atoms with van der Waals surface area (Å²) in [5, 5.41) is 0. The van der Waals surface area contributed by atoms with Crippen molar-refractivity contribution in [3.05, 3.63) is 35.9 Å². The van der Waals surface area contributed by atoms with Crippen LogP contribution in [0.2, 0.25) is 0 Å². The molecule has 0 aliphatic rings. The lowest BCUT2D eigenvalue weighted by molar-refractivity contribution is 0.509. The van der Waals surface area contributed by atoms with Gasteiger partial charge in [0.1, 0.15) is 0 Å². The van der Waals surface area contributed by atoms with Gasteiger partial charge in [0.05, 0.1) is 0 Å². The molecule has 0 radical (unpaired) electrons. The lowest BCUT2D eigenvalue weighted by Crippen LogP contribution is -1.70. The van der Waals surface area contributed by atoms with E-state index in [1.54, 1.807) is 0 Å². The van der Waals surface area contributed by atoms with Gasteiger partial charge in [0, 0.05) is 4.43 Å². The number of benzene rings is 1. The highest BCUT2D eigenvalue weighted by molar-refractivity contribution is 14.1. The zero-order chi connectivity index (χ0) is 9.40. The van der Waals surface area contributed by atoms with Gasteiger partial charge in [0.2, 0.25) is 0 Å². The van der Waals surface area contributed by atoms with Gasteiger partial charge in [-0.05, 0) is 5.56 Å². The van der Waals surface area contributed by atoms with Crippen LogP contribution in [-0.2, 0) is 15.4 Å². The van der Waals surface area contributed by atoms with Gasteiger partial charge in [-0.25, -0.2) is 8.42 Å². The summed E-state index contributed by atoms with van der Waals surface area (Å²) in [7, 11) is -3.12. The smallest absolute Gasteiger partial charge is 0.254 e. The predicted molar refractivity (Wildman–Crippen MR) is 57.1 cm³/mol. The fourth-order valence-corrected chi connectivity index (χ4v) is 1.08. The normalized spacial score (nSPS) is 8.92. The van der Waals surface area contributed by atoms with Crippen molar-refractivity contribution in [3.63, 3.8) is 0 Å². The summed E-state index contributed by atoms with van der Waals surface area (Å²) < 4.78 is 25.3. The molecule has 12 heavy (non-hydrogen) atoms. The molecule has 5 heteroatoms. The number of halogens is 1. The SMILES string of the molecule is ICc1ccccc1.O=[SH](=O)O. The van der Waals surface area contributed by atoms with E-state index in [0.29, 0.717) is 0 Å². The highest BCUT2D eigenvalue weighted by atomic mass is 127. The van der Waals surface area contributed by atoms with Gasteiger partial charge >= 0.3 is 0 Å². The Morgan fingerprint density at radius 3 is 1.92 bits per heavy atom. The van der Waals surface area contributed by atoms with E-state index in [9.17, 15) is 0 Å². The molecule has 1 aromatic rings. The molecule has 0 aliphatic heterocycles. The number of rotatable bonds is 1. The molecular formula is C7H9IO3S. The largest absolute Gasteiger partial charge is 0.288 e. The van der Waals surface area contributed by atoms with E-state index in [2.05, 4.69) is 46.9 Å². The van der Waals surface area contributed by atoms with Crippen molar-refractivity contribution in [3.8, 4) is 0 Å². The Morgan fingerprint density at radius 2 is 1.67 bits per heavy atom. The Hall–Kier alpha value is -0.140. The van der Waals surface area contributed by atoms with Crippen molar-refractivity contribution in [1.82, 2.24) is 0 Å². The van der Waals surface area contributed by atoms with Crippen LogP contribution in [0.25, 0.3) is 0 Å². The average Bonchev–Trinajstić information content (AvgIpc) is 2.05. The van der Waals surface area contributed by atoms with E-state index in [1.165, 1.54) is 5.56 Å². The summed E-state index contributed by atoms with van der Waals surface area (Å²) in [6.45, 7) is 0. The Balaban J connectivity index is 0.000000261. The third-order valence-electron chi connectivity index (χ3n) is 0.997. The van der Waals surface area contributed by atoms with Crippen molar-refractivity contribution >= 4 is 33.6 Å². The molecule has 0 aliphatic carbocycles. The topological polar surface area (TPSA) is 54.4 Å². The number of hydrogen-bond donors (Lipinski definition) is 2. The van der Waals surface area contributed by atoms with Crippen molar-refractivity contribution in [1.29, 1.82) is 0 Å². The highest BCUT2D eigenvalue weighted by Crippen LogP contribution is 2.02. The maximum absolute atomic E-state index is 8.59. The fourth-order valence-electron chi connectivity index (χ4n) is 0.567. The number of thiol groups is 1. The molecular weight excluding hydrogens is 291 g/mol. The van der Waals surface area contributed by atoms with Crippen molar-refractivity contribution in [2.75, 3.05) is 0 Å². The molecule has 68 valence electrons. The fraction of sp³-hybridized carbons (Fsp3) is 0.143. The molecule has 0 bridgehead atoms. The highest BCUT2D eigenvalue weighted by Gasteiger charge is 1.81. The molecule has 0 saturated heterocycles. The van der Waals surface area contributed by atoms with E-state index in [4.69, 9.17) is 13.0 Å². The first kappa shape index (κ1) is 11.9. The van der Waals surface area contributed by atoms with Crippen LogP contribution in [0.3, 0.4) is 0 Å². The molecule has 3 nitrogen and oxygen atoms in total. The standard InChI is InChI=1S/C7H7I.H2O3S/c8-6-7-4-2-1-3-5-7;1-4(2)3/h1-5H,6H2;4H,(H,1,2,3). The zero-order valence-electron chi connectivity index (χ0n) is 6.18. The van der Waals surface area contributed by atoms with Gasteiger partial charge < -0.3 is 0 Å². The van der Waals surface area contributed by atoms with Crippen molar-refractivity contribution < 1.29 is 13.0 Å². The summed E-state index contributed by atoms with van der Waals surface area (Å²) in [4.78, 5) is 0. The molecule has 1 aromatic carbocycles. The van der Waals surface area contributed by atoms with Gasteiger partial charge in [-0.2, -0.15) is 0 Å². The number of alkyl halides is 1. The molecule has 0 aromatic heterocycles. The maximum atomic E-state index is 8.59. The molecule has 0 spiro atoms. The lowest BCUT2D eigenvalue weighted by Gasteiger charge is -1.88. The van der Waals surface area contributed by atoms with Gasteiger partial charge in [-0.3, -0.25) is 4.55 Å². The van der Waals surface area contributed by atoms with Crippen molar-refractivity contribution in [2.24, 2.45) is 0 Å². The average molecular weight is 300 g/mol. The second kappa shape index (κ2) is 7.51. The first-order valence-electron chi connectivity index (χ1n) is 3.10. The summed E-state index contributed by atoms with van der Waals surface area (Å²) in [6.07, 6.45) is 0. The van der Waals surface area contributed by atoms with Crippen LogP contribution in [0, 0.1) is 0 Å². The van der Waals surface area contributed by atoms with Crippen LogP contribution in [0.5, 0.6) is 0 Å². The molecule has 0 saturated carbocycles. The van der Waals surface area contributed by atoms with Crippen LogP contribution in [0.15, 0.2) is 30.3 Å². The third-order valence-corrected chi connectivity index (χ3v) is 1.88. The van der Waals surface area contributed by atoms with Crippen LogP contribution in [-0.4, -0.2) is 13.0 Å². The quantitative estimate of drug-likeness (QED) is 0.359. The predicted octanol–water partition coefficient (Wildman–Crippen LogP) is 1.69. The first-order chi connectivity index (χ1) is 5.66. The summed E-state index contributed by atoms with van der Waals surface area (Å²) in [6, 6.07) is 10.4. The lowest BCUT2D eigenvalue weighted by atomic mass is 10.2. The zero-order valence-corrected chi connectivity index (χ0v) is 9.23. The van der Waals surface area contributed by atoms with E-state index < -0.39 is 11.0 Å². The van der Waals surface area contributed by atoms with Gasteiger partial charge in [0.25, 0.3) is 11.0 Å². The van der Waals surface area contributed by atoms with Crippen LogP contribution in [0.4, 0.5) is 0 Å². The van der Waals surface area contributed by atoms with Gasteiger partial charge in [-0.15, -0.1) is 0 Å². The maximum Gasteiger partial charge on any atom is 0.254 e. The Labute approximate surface area is 86.7 Å². The van der Waals surface area contributed by atoms with E-state index in [1.807, 2.05) is 6.07 Å². The van der Waals surface area contributed by atoms with E-state index in [-0.39, 0.29) is 0 Å². The summed E-state index contributed by atoms with van der Waals surface area (Å²) >= 11 is 2.35. The first-order valence-corrected chi connectivity index (χ1v) is 5.75. The third kappa shape index (κ3) is 7.96. The van der Waals surface area contributed by atoms with Crippen LogP contribution < -0.4 is 0 Å². The summed E-state index contributed by atoms with van der Waals surface area (Å²) in [5.74, 6) is 0. The molecule has 0 unspecified atom stereocenters. The Morgan fingerprint density at radius 1 is 1.25 bits per heavy atom. The molecule has 1 rings (SSSR count). The van der Waals surface area contributed by atoms with Crippen molar-refractivity contribution in [2.45, 2.75) is 4.43 Å². The van der Waals surface area contributed by atoms with E-state index in [0.717, 1.165) is 4.43 Å². The molecule has 0 amide bonds.